The molecule has 0 aromatic heterocycles. The van der Waals surface area contributed by atoms with E-state index in [0.717, 1.165) is 10.5 Å². The van der Waals surface area contributed by atoms with E-state index in [1.807, 2.05) is 30.5 Å². The van der Waals surface area contributed by atoms with E-state index >= 15 is 0 Å². The lowest BCUT2D eigenvalue weighted by Crippen LogP contribution is -1.93. The summed E-state index contributed by atoms with van der Waals surface area (Å²) >= 11 is 1.64. The van der Waals surface area contributed by atoms with Gasteiger partial charge in [-0.3, -0.25) is 4.57 Å². The van der Waals surface area contributed by atoms with Crippen molar-refractivity contribution in [1.29, 1.82) is 0 Å². The molecule has 5 heteroatoms. The molecule has 0 radical (unpaired) electrons. The highest BCUT2D eigenvalue weighted by molar-refractivity contribution is 7.98. The lowest BCUT2D eigenvalue weighted by Gasteiger charge is -2.10. The second kappa shape index (κ2) is 5.71. The van der Waals surface area contributed by atoms with Crippen LogP contribution in [0.15, 0.2) is 29.2 Å². The number of rotatable bonds is 5. The zero-order valence-electron chi connectivity index (χ0n) is 8.84. The quantitative estimate of drug-likeness (QED) is 0.640. The van der Waals surface area contributed by atoms with Crippen LogP contribution in [0.25, 0.3) is 0 Å². The zero-order valence-corrected chi connectivity index (χ0v) is 10.6. The lowest BCUT2D eigenvalue weighted by molar-refractivity contribution is 0.272. The molecule has 1 unspecified atom stereocenters. The van der Waals surface area contributed by atoms with Crippen molar-refractivity contribution in [3.05, 3.63) is 29.8 Å². The average molecular weight is 246 g/mol. The standard InChI is InChI=1S/C10H15O3PS/c1-3-13-14(11,12)8-9-4-6-10(15-2)7-5-9/h4-7H,3,8H2,1-2H3,(H,11,12). The Labute approximate surface area is 94.4 Å². The van der Waals surface area contributed by atoms with E-state index in [9.17, 15) is 9.46 Å². The molecule has 1 aromatic rings. The predicted octanol–water partition coefficient (Wildman–Crippen LogP) is 3.13. The maximum atomic E-state index is 11.5. The molecule has 0 saturated carbocycles. The summed E-state index contributed by atoms with van der Waals surface area (Å²) in [5.41, 5.74) is 0.826. The summed E-state index contributed by atoms with van der Waals surface area (Å²) < 4.78 is 16.3. The molecule has 0 saturated heterocycles. The Kier molecular flexibility index (Phi) is 4.87. The highest BCUT2D eigenvalue weighted by Crippen LogP contribution is 2.45. The van der Waals surface area contributed by atoms with E-state index in [1.165, 1.54) is 0 Å². The van der Waals surface area contributed by atoms with Crippen molar-refractivity contribution in [2.24, 2.45) is 0 Å². The van der Waals surface area contributed by atoms with Crippen LogP contribution in [-0.2, 0) is 15.3 Å². The summed E-state index contributed by atoms with van der Waals surface area (Å²) in [6.45, 7) is 1.97. The summed E-state index contributed by atoms with van der Waals surface area (Å²) in [5, 5.41) is 0. The maximum Gasteiger partial charge on any atom is 0.332 e. The first-order valence-electron chi connectivity index (χ1n) is 4.66. The molecule has 0 heterocycles. The summed E-state index contributed by atoms with van der Waals surface area (Å²) in [7, 11) is -3.44. The van der Waals surface area contributed by atoms with E-state index in [1.54, 1.807) is 18.7 Å². The lowest BCUT2D eigenvalue weighted by atomic mass is 10.2. The van der Waals surface area contributed by atoms with Gasteiger partial charge in [0.2, 0.25) is 0 Å². The molecule has 0 aliphatic carbocycles. The molecule has 84 valence electrons. The van der Waals surface area contributed by atoms with Gasteiger partial charge < -0.3 is 9.42 Å². The van der Waals surface area contributed by atoms with E-state index in [0.29, 0.717) is 0 Å². The Bertz CT molecular complexity index is 350. The van der Waals surface area contributed by atoms with Crippen molar-refractivity contribution in [1.82, 2.24) is 0 Å². The first-order chi connectivity index (χ1) is 7.07. The van der Waals surface area contributed by atoms with Crippen LogP contribution in [-0.4, -0.2) is 17.8 Å². The van der Waals surface area contributed by atoms with Crippen LogP contribution in [0.4, 0.5) is 0 Å². The molecule has 0 amide bonds. The van der Waals surface area contributed by atoms with E-state index in [-0.39, 0.29) is 12.8 Å². The molecule has 1 rings (SSSR count). The molecule has 0 bridgehead atoms. The van der Waals surface area contributed by atoms with Crippen LogP contribution in [0.1, 0.15) is 12.5 Å². The van der Waals surface area contributed by atoms with Gasteiger partial charge in [-0.1, -0.05) is 12.1 Å². The minimum absolute atomic E-state index is 0.0789. The Balaban J connectivity index is 2.68. The van der Waals surface area contributed by atoms with E-state index in [4.69, 9.17) is 4.52 Å². The van der Waals surface area contributed by atoms with Gasteiger partial charge in [0.25, 0.3) is 0 Å². The van der Waals surface area contributed by atoms with Gasteiger partial charge in [-0.15, -0.1) is 11.8 Å². The van der Waals surface area contributed by atoms with Gasteiger partial charge in [0.1, 0.15) is 0 Å². The number of thioether (sulfide) groups is 1. The van der Waals surface area contributed by atoms with Crippen LogP contribution in [0.2, 0.25) is 0 Å². The van der Waals surface area contributed by atoms with Crippen molar-refractivity contribution in [2.45, 2.75) is 18.0 Å². The molecular weight excluding hydrogens is 231 g/mol. The van der Waals surface area contributed by atoms with Crippen molar-refractivity contribution < 1.29 is 14.0 Å². The molecule has 1 atom stereocenters. The van der Waals surface area contributed by atoms with Crippen LogP contribution in [0, 0.1) is 0 Å². The molecule has 0 spiro atoms. The van der Waals surface area contributed by atoms with Crippen LogP contribution in [0.5, 0.6) is 0 Å². The minimum atomic E-state index is -3.44. The first-order valence-corrected chi connectivity index (χ1v) is 7.65. The third-order valence-electron chi connectivity index (χ3n) is 1.87. The van der Waals surface area contributed by atoms with Gasteiger partial charge in [-0.25, -0.2) is 0 Å². The molecule has 0 aliphatic heterocycles. The largest absolute Gasteiger partial charge is 0.332 e. The van der Waals surface area contributed by atoms with Gasteiger partial charge >= 0.3 is 7.60 Å². The smallest absolute Gasteiger partial charge is 0.324 e. The molecule has 1 aromatic carbocycles. The summed E-state index contributed by atoms with van der Waals surface area (Å²) in [6.07, 6.45) is 2.07. The third-order valence-corrected chi connectivity index (χ3v) is 4.04. The molecule has 0 aliphatic rings. The fraction of sp³-hybridized carbons (Fsp3) is 0.400. The molecular formula is C10H15O3PS. The summed E-state index contributed by atoms with van der Waals surface area (Å²) in [5.74, 6) is 0. The highest BCUT2D eigenvalue weighted by atomic mass is 32.2. The topological polar surface area (TPSA) is 46.5 Å². The Morgan fingerprint density at radius 2 is 2.00 bits per heavy atom. The molecule has 3 nitrogen and oxygen atoms in total. The zero-order chi connectivity index (χ0) is 11.3. The summed E-state index contributed by atoms with van der Waals surface area (Å²) in [4.78, 5) is 10.6. The second-order valence-corrected chi connectivity index (χ2v) is 5.79. The van der Waals surface area contributed by atoms with Gasteiger partial charge in [-0.2, -0.15) is 0 Å². The average Bonchev–Trinajstić information content (AvgIpc) is 2.18. The fourth-order valence-electron chi connectivity index (χ4n) is 1.21. The van der Waals surface area contributed by atoms with Crippen LogP contribution in [0.3, 0.4) is 0 Å². The highest BCUT2D eigenvalue weighted by Gasteiger charge is 2.18. The third kappa shape index (κ3) is 4.39. The van der Waals surface area contributed by atoms with Gasteiger partial charge in [0.15, 0.2) is 0 Å². The van der Waals surface area contributed by atoms with Crippen LogP contribution >= 0.6 is 19.4 Å². The Hall–Kier alpha value is -0.280. The number of benzene rings is 1. The van der Waals surface area contributed by atoms with Crippen molar-refractivity contribution in [3.63, 3.8) is 0 Å². The van der Waals surface area contributed by atoms with E-state index in [2.05, 4.69) is 0 Å². The normalized spacial score (nSPS) is 14.9. The summed E-state index contributed by atoms with van der Waals surface area (Å²) in [6, 6.07) is 7.58. The first kappa shape index (κ1) is 12.8. The SMILES string of the molecule is CCOP(=O)(O)Cc1ccc(SC)cc1. The fourth-order valence-corrected chi connectivity index (χ4v) is 2.78. The van der Waals surface area contributed by atoms with Gasteiger partial charge in [0.05, 0.1) is 12.8 Å². The van der Waals surface area contributed by atoms with Crippen molar-refractivity contribution in [3.8, 4) is 0 Å². The predicted molar refractivity (Wildman–Crippen MR) is 63.4 cm³/mol. The Morgan fingerprint density at radius 3 is 2.47 bits per heavy atom. The van der Waals surface area contributed by atoms with Gasteiger partial charge in [-0.05, 0) is 30.9 Å². The maximum absolute atomic E-state index is 11.5. The minimum Gasteiger partial charge on any atom is -0.324 e. The molecule has 1 N–H and O–H groups in total. The van der Waals surface area contributed by atoms with E-state index < -0.39 is 7.60 Å². The Morgan fingerprint density at radius 1 is 1.40 bits per heavy atom. The van der Waals surface area contributed by atoms with Crippen molar-refractivity contribution in [2.75, 3.05) is 12.9 Å². The van der Waals surface area contributed by atoms with Crippen LogP contribution < -0.4 is 0 Å². The van der Waals surface area contributed by atoms with Gasteiger partial charge in [0, 0.05) is 4.90 Å². The number of hydrogen-bond donors (Lipinski definition) is 1. The van der Waals surface area contributed by atoms with Crippen molar-refractivity contribution >= 4 is 19.4 Å². The second-order valence-electron chi connectivity index (χ2n) is 3.06. The molecule has 0 fully saturated rings. The number of hydrogen-bond acceptors (Lipinski definition) is 3. The monoisotopic (exact) mass is 246 g/mol. The molecule has 15 heavy (non-hydrogen) atoms.